The molecule has 26 heavy (non-hydrogen) atoms. The average Bonchev–Trinajstić information content (AvgIpc) is 3.04. The molecule has 0 aliphatic carbocycles. The Labute approximate surface area is 173 Å². The quantitative estimate of drug-likeness (QED) is 0.369. The lowest BCUT2D eigenvalue weighted by molar-refractivity contribution is 0.372. The summed E-state index contributed by atoms with van der Waals surface area (Å²) in [5.74, 6) is 1.91. The molecule has 0 saturated heterocycles. The van der Waals surface area contributed by atoms with E-state index in [0.717, 1.165) is 24.0 Å². The molecule has 144 valence electrons. The second-order valence-electron chi connectivity index (χ2n) is 6.71. The van der Waals surface area contributed by atoms with E-state index in [1.165, 1.54) is 11.1 Å². The van der Waals surface area contributed by atoms with Crippen LogP contribution in [0.3, 0.4) is 0 Å². The molecule has 0 radical (unpaired) electrons. The van der Waals surface area contributed by atoms with Crippen LogP contribution < -0.4 is 10.6 Å². The summed E-state index contributed by atoms with van der Waals surface area (Å²) < 4.78 is 5.34. The van der Waals surface area contributed by atoms with Gasteiger partial charge in [-0.2, -0.15) is 0 Å². The molecule has 0 saturated carbocycles. The fourth-order valence-corrected chi connectivity index (χ4v) is 2.46. The van der Waals surface area contributed by atoms with Crippen molar-refractivity contribution < 1.29 is 4.52 Å². The number of nitrogens with zero attached hydrogens (tertiary/aromatic N) is 3. The summed E-state index contributed by atoms with van der Waals surface area (Å²) in [5, 5.41) is 10.6. The topological polar surface area (TPSA) is 65.7 Å². The Hall–Kier alpha value is -1.61. The highest BCUT2D eigenvalue weighted by Gasteiger charge is 2.08. The second-order valence-corrected chi connectivity index (χ2v) is 6.71. The number of aromatic nitrogens is 1. The summed E-state index contributed by atoms with van der Waals surface area (Å²) in [6.45, 7) is 6.40. The standard InChI is InChI=1S/C19H29N5O.HI/c1-14(2)18-10-17(25-23-18)12-22-19(20-3)21-11-15-7-6-8-16(9-15)13-24(4)5;/h6-10,14H,11-13H2,1-5H3,(H2,20,21,22);1H. The molecule has 1 aromatic carbocycles. The molecule has 0 bridgehead atoms. The van der Waals surface area contributed by atoms with Crippen LogP contribution in [0.1, 0.15) is 42.3 Å². The first-order valence-corrected chi connectivity index (χ1v) is 8.60. The highest BCUT2D eigenvalue weighted by molar-refractivity contribution is 14.0. The van der Waals surface area contributed by atoms with Crippen molar-refractivity contribution >= 4 is 29.9 Å². The Kier molecular flexibility index (Phi) is 9.64. The van der Waals surface area contributed by atoms with Crippen molar-refractivity contribution in [2.75, 3.05) is 21.1 Å². The zero-order valence-corrected chi connectivity index (χ0v) is 18.6. The van der Waals surface area contributed by atoms with Gasteiger partial charge in [-0.25, -0.2) is 0 Å². The summed E-state index contributed by atoms with van der Waals surface area (Å²) in [4.78, 5) is 6.42. The summed E-state index contributed by atoms with van der Waals surface area (Å²) in [7, 11) is 5.91. The number of hydrogen-bond acceptors (Lipinski definition) is 4. The number of rotatable bonds is 7. The zero-order chi connectivity index (χ0) is 18.2. The van der Waals surface area contributed by atoms with E-state index in [2.05, 4.69) is 77.9 Å². The lowest BCUT2D eigenvalue weighted by atomic mass is 10.1. The van der Waals surface area contributed by atoms with E-state index >= 15 is 0 Å². The van der Waals surface area contributed by atoms with E-state index in [1.807, 2.05) is 6.07 Å². The first-order chi connectivity index (χ1) is 12.0. The molecule has 6 nitrogen and oxygen atoms in total. The summed E-state index contributed by atoms with van der Waals surface area (Å²) in [6.07, 6.45) is 0. The predicted octanol–water partition coefficient (Wildman–Crippen LogP) is 3.34. The number of benzene rings is 1. The van der Waals surface area contributed by atoms with Gasteiger partial charge in [-0.3, -0.25) is 4.99 Å². The summed E-state index contributed by atoms with van der Waals surface area (Å²) in [5.41, 5.74) is 3.50. The minimum atomic E-state index is 0. The minimum Gasteiger partial charge on any atom is -0.359 e. The van der Waals surface area contributed by atoms with E-state index in [4.69, 9.17) is 4.52 Å². The van der Waals surface area contributed by atoms with Crippen LogP contribution in [0.5, 0.6) is 0 Å². The van der Waals surface area contributed by atoms with Crippen LogP contribution in [-0.4, -0.2) is 37.2 Å². The van der Waals surface area contributed by atoms with Gasteiger partial charge >= 0.3 is 0 Å². The van der Waals surface area contributed by atoms with Gasteiger partial charge in [0.25, 0.3) is 0 Å². The third kappa shape index (κ3) is 7.33. The van der Waals surface area contributed by atoms with E-state index in [9.17, 15) is 0 Å². The first kappa shape index (κ1) is 22.4. The Morgan fingerprint density at radius 3 is 2.46 bits per heavy atom. The third-order valence-electron chi connectivity index (χ3n) is 3.77. The van der Waals surface area contributed by atoms with Gasteiger partial charge in [-0.1, -0.05) is 43.3 Å². The largest absolute Gasteiger partial charge is 0.359 e. The van der Waals surface area contributed by atoms with Crippen LogP contribution >= 0.6 is 24.0 Å². The molecule has 0 amide bonds. The zero-order valence-electron chi connectivity index (χ0n) is 16.2. The normalized spacial score (nSPS) is 11.6. The van der Waals surface area contributed by atoms with Crippen LogP contribution in [0.25, 0.3) is 0 Å². The smallest absolute Gasteiger partial charge is 0.191 e. The Bertz CT molecular complexity index is 697. The molecule has 0 atom stereocenters. The fraction of sp³-hybridized carbons (Fsp3) is 0.474. The Morgan fingerprint density at radius 2 is 1.85 bits per heavy atom. The van der Waals surface area contributed by atoms with Gasteiger partial charge in [0.05, 0.1) is 12.2 Å². The van der Waals surface area contributed by atoms with Crippen LogP contribution in [0, 0.1) is 0 Å². The molecule has 7 heteroatoms. The second kappa shape index (κ2) is 11.2. The maximum Gasteiger partial charge on any atom is 0.191 e. The number of guanidine groups is 1. The molecular weight excluding hydrogens is 441 g/mol. The van der Waals surface area contributed by atoms with Crippen molar-refractivity contribution in [3.05, 3.63) is 52.9 Å². The SMILES string of the molecule is CN=C(NCc1cccc(CN(C)C)c1)NCc1cc(C(C)C)no1.I. The molecule has 0 aliphatic heterocycles. The van der Waals surface area contributed by atoms with Gasteiger partial charge in [-0.05, 0) is 31.1 Å². The van der Waals surface area contributed by atoms with Crippen molar-refractivity contribution in [3.8, 4) is 0 Å². The molecule has 1 heterocycles. The van der Waals surface area contributed by atoms with Crippen molar-refractivity contribution in [2.24, 2.45) is 4.99 Å². The van der Waals surface area contributed by atoms with Crippen LogP contribution in [0.4, 0.5) is 0 Å². The monoisotopic (exact) mass is 471 g/mol. The third-order valence-corrected chi connectivity index (χ3v) is 3.77. The molecule has 0 aliphatic rings. The van der Waals surface area contributed by atoms with E-state index in [-0.39, 0.29) is 24.0 Å². The molecule has 2 aromatic rings. The van der Waals surface area contributed by atoms with E-state index in [1.54, 1.807) is 7.05 Å². The fourth-order valence-electron chi connectivity index (χ4n) is 2.46. The average molecular weight is 471 g/mol. The molecule has 0 spiro atoms. The van der Waals surface area contributed by atoms with Crippen LogP contribution in [0.2, 0.25) is 0 Å². The maximum atomic E-state index is 5.34. The highest BCUT2D eigenvalue weighted by Crippen LogP contribution is 2.13. The van der Waals surface area contributed by atoms with Crippen molar-refractivity contribution in [1.29, 1.82) is 0 Å². The van der Waals surface area contributed by atoms with Crippen molar-refractivity contribution in [2.45, 2.75) is 39.4 Å². The van der Waals surface area contributed by atoms with E-state index < -0.39 is 0 Å². The van der Waals surface area contributed by atoms with Gasteiger partial charge in [-0.15, -0.1) is 24.0 Å². The first-order valence-electron chi connectivity index (χ1n) is 8.60. The number of nitrogens with one attached hydrogen (secondary N) is 2. The molecular formula is C19H30IN5O. The van der Waals surface area contributed by atoms with Gasteiger partial charge in [0.15, 0.2) is 11.7 Å². The van der Waals surface area contributed by atoms with Gasteiger partial charge < -0.3 is 20.1 Å². The van der Waals surface area contributed by atoms with Gasteiger partial charge in [0, 0.05) is 26.2 Å². The van der Waals surface area contributed by atoms with Crippen LogP contribution in [0.15, 0.2) is 39.8 Å². The van der Waals surface area contributed by atoms with Crippen molar-refractivity contribution in [3.63, 3.8) is 0 Å². The van der Waals surface area contributed by atoms with Crippen LogP contribution in [-0.2, 0) is 19.6 Å². The molecule has 2 rings (SSSR count). The lowest BCUT2D eigenvalue weighted by Gasteiger charge is -2.13. The van der Waals surface area contributed by atoms with Gasteiger partial charge in [0.2, 0.25) is 0 Å². The minimum absolute atomic E-state index is 0. The number of hydrogen-bond donors (Lipinski definition) is 2. The molecule has 0 unspecified atom stereocenters. The van der Waals surface area contributed by atoms with E-state index in [0.29, 0.717) is 19.0 Å². The molecule has 2 N–H and O–H groups in total. The lowest BCUT2D eigenvalue weighted by Crippen LogP contribution is -2.36. The Balaban J connectivity index is 0.00000338. The molecule has 0 fully saturated rings. The summed E-state index contributed by atoms with van der Waals surface area (Å²) in [6, 6.07) is 10.5. The van der Waals surface area contributed by atoms with Crippen molar-refractivity contribution in [1.82, 2.24) is 20.7 Å². The number of halogens is 1. The Morgan fingerprint density at radius 1 is 1.15 bits per heavy atom. The predicted molar refractivity (Wildman–Crippen MR) is 117 cm³/mol. The number of aliphatic imine (C=N–C) groups is 1. The highest BCUT2D eigenvalue weighted by atomic mass is 127. The van der Waals surface area contributed by atoms with Gasteiger partial charge in [0.1, 0.15) is 0 Å². The summed E-state index contributed by atoms with van der Waals surface area (Å²) >= 11 is 0. The maximum absolute atomic E-state index is 5.34. The molecule has 1 aromatic heterocycles.